The van der Waals surface area contributed by atoms with Gasteiger partial charge in [-0.05, 0) is 44.5 Å². The van der Waals surface area contributed by atoms with E-state index in [0.717, 1.165) is 17.1 Å². The van der Waals surface area contributed by atoms with Crippen molar-refractivity contribution >= 4 is 15.9 Å². The summed E-state index contributed by atoms with van der Waals surface area (Å²) in [6.07, 6.45) is 2.54. The molecule has 0 aliphatic rings. The van der Waals surface area contributed by atoms with Crippen LogP contribution in [-0.2, 0) is 6.42 Å². The lowest BCUT2D eigenvalue weighted by molar-refractivity contribution is 0.0809. The van der Waals surface area contributed by atoms with Gasteiger partial charge >= 0.3 is 0 Å². The summed E-state index contributed by atoms with van der Waals surface area (Å²) in [4.78, 5) is 0. The molecule has 1 aromatic carbocycles. The average Bonchev–Trinajstić information content (AvgIpc) is 2.24. The first-order chi connectivity index (χ1) is 7.94. The molecule has 0 amide bonds. The Hall–Kier alpha value is -0.800. The van der Waals surface area contributed by atoms with Crippen LogP contribution in [0.15, 0.2) is 36.1 Å². The minimum atomic E-state index is -0.697. The van der Waals surface area contributed by atoms with Crippen LogP contribution in [0.4, 0.5) is 0 Å². The van der Waals surface area contributed by atoms with Crippen molar-refractivity contribution in [1.29, 1.82) is 0 Å². The number of halogens is 1. The molecular weight excluding hydrogens is 280 g/mol. The summed E-state index contributed by atoms with van der Waals surface area (Å²) < 4.78 is 5.70. The second-order valence-corrected chi connectivity index (χ2v) is 5.19. The van der Waals surface area contributed by atoms with E-state index in [-0.39, 0.29) is 0 Å². The normalized spacial score (nSPS) is 12.6. The molecule has 1 N–H and O–H groups in total. The molecule has 0 heterocycles. The molecule has 1 rings (SSSR count). The molecule has 0 atom stereocenters. The first-order valence-electron chi connectivity index (χ1n) is 5.65. The molecule has 0 unspecified atom stereocenters. The van der Waals surface area contributed by atoms with Gasteiger partial charge in [-0.25, -0.2) is 0 Å². The Morgan fingerprint density at radius 1 is 1.47 bits per heavy atom. The molecule has 0 saturated carbocycles. The van der Waals surface area contributed by atoms with Gasteiger partial charge in [-0.15, -0.1) is 0 Å². The van der Waals surface area contributed by atoms with Crippen molar-refractivity contribution < 1.29 is 9.84 Å². The van der Waals surface area contributed by atoms with E-state index in [9.17, 15) is 5.11 Å². The predicted molar refractivity (Wildman–Crippen MR) is 74.6 cm³/mol. The fourth-order valence-corrected chi connectivity index (χ4v) is 1.97. The Morgan fingerprint density at radius 3 is 2.71 bits per heavy atom. The van der Waals surface area contributed by atoms with Gasteiger partial charge in [-0.2, -0.15) is 0 Å². The first-order valence-corrected chi connectivity index (χ1v) is 6.77. The Bertz CT molecular complexity index is 391. The zero-order valence-electron chi connectivity index (χ0n) is 10.5. The van der Waals surface area contributed by atoms with Crippen molar-refractivity contribution in [2.45, 2.75) is 32.8 Å². The maximum absolute atomic E-state index is 9.78. The monoisotopic (exact) mass is 298 g/mol. The van der Waals surface area contributed by atoms with E-state index >= 15 is 0 Å². The molecule has 3 heteroatoms. The number of hydrogen-bond donors (Lipinski definition) is 1. The molecule has 0 aliphatic heterocycles. The molecule has 1 aromatic rings. The minimum absolute atomic E-state index is 0.615. The zero-order chi connectivity index (χ0) is 12.9. The quantitative estimate of drug-likeness (QED) is 0.664. The van der Waals surface area contributed by atoms with Gasteiger partial charge in [0, 0.05) is 6.42 Å². The molecule has 0 saturated heterocycles. The number of aliphatic hydroxyl groups is 1. The molecule has 94 valence electrons. The van der Waals surface area contributed by atoms with E-state index in [1.807, 2.05) is 37.3 Å². The third-order valence-electron chi connectivity index (χ3n) is 2.24. The highest BCUT2D eigenvalue weighted by molar-refractivity contribution is 9.09. The van der Waals surface area contributed by atoms with Crippen LogP contribution in [0.1, 0.15) is 26.3 Å². The molecule has 17 heavy (non-hydrogen) atoms. The number of alkyl halides is 1. The van der Waals surface area contributed by atoms with E-state index in [1.165, 1.54) is 0 Å². The summed E-state index contributed by atoms with van der Waals surface area (Å²) in [5, 5.41) is 10.5. The van der Waals surface area contributed by atoms with Gasteiger partial charge in [0.05, 0.1) is 10.9 Å². The highest BCUT2D eigenvalue weighted by atomic mass is 79.9. The second kappa shape index (κ2) is 6.22. The van der Waals surface area contributed by atoms with Crippen LogP contribution < -0.4 is 4.74 Å². The fourth-order valence-electron chi connectivity index (χ4n) is 1.53. The van der Waals surface area contributed by atoms with Crippen LogP contribution in [0, 0.1) is 0 Å². The van der Waals surface area contributed by atoms with Crippen molar-refractivity contribution in [3.8, 4) is 5.75 Å². The highest BCUT2D eigenvalue weighted by Crippen LogP contribution is 2.20. The topological polar surface area (TPSA) is 29.5 Å². The lowest BCUT2D eigenvalue weighted by atomic mass is 9.99. The smallest absolute Gasteiger partial charge is 0.127 e. The van der Waals surface area contributed by atoms with Crippen molar-refractivity contribution in [3.05, 3.63) is 41.7 Å². The van der Waals surface area contributed by atoms with Crippen molar-refractivity contribution in [2.75, 3.05) is 5.33 Å². The van der Waals surface area contributed by atoms with Crippen LogP contribution in [0.25, 0.3) is 0 Å². The standard InChI is InChI=1S/C14H19BrO2/c1-4-12(10-15)17-13-7-5-6-11(8-13)9-14(2,3)16/h4-8,16H,9-10H2,1-3H3/b12-4+. The molecule has 0 radical (unpaired) electrons. The summed E-state index contributed by atoms with van der Waals surface area (Å²) >= 11 is 3.37. The maximum Gasteiger partial charge on any atom is 0.127 e. The van der Waals surface area contributed by atoms with Crippen LogP contribution in [0.5, 0.6) is 5.75 Å². The fraction of sp³-hybridized carbons (Fsp3) is 0.429. The second-order valence-electron chi connectivity index (χ2n) is 4.63. The SMILES string of the molecule is C/C=C(\CBr)Oc1cccc(CC(C)(C)O)c1. The number of rotatable bonds is 5. The van der Waals surface area contributed by atoms with E-state index in [0.29, 0.717) is 11.8 Å². The lowest BCUT2D eigenvalue weighted by Gasteiger charge is -2.17. The van der Waals surface area contributed by atoms with Crippen LogP contribution in [0.2, 0.25) is 0 Å². The maximum atomic E-state index is 9.78. The summed E-state index contributed by atoms with van der Waals surface area (Å²) in [6, 6.07) is 7.82. The molecule has 0 bridgehead atoms. The van der Waals surface area contributed by atoms with Gasteiger partial charge in [0.25, 0.3) is 0 Å². The van der Waals surface area contributed by atoms with Gasteiger partial charge in [-0.1, -0.05) is 28.1 Å². The van der Waals surface area contributed by atoms with E-state index in [2.05, 4.69) is 15.9 Å². The van der Waals surface area contributed by atoms with Gasteiger partial charge in [0.2, 0.25) is 0 Å². The van der Waals surface area contributed by atoms with Crippen molar-refractivity contribution in [2.24, 2.45) is 0 Å². The molecule has 0 fully saturated rings. The van der Waals surface area contributed by atoms with Crippen LogP contribution in [-0.4, -0.2) is 16.0 Å². The zero-order valence-corrected chi connectivity index (χ0v) is 12.1. The summed E-state index contributed by atoms with van der Waals surface area (Å²) in [7, 11) is 0. The van der Waals surface area contributed by atoms with E-state index < -0.39 is 5.60 Å². The average molecular weight is 299 g/mol. The van der Waals surface area contributed by atoms with Crippen molar-refractivity contribution in [3.63, 3.8) is 0 Å². The third-order valence-corrected chi connectivity index (χ3v) is 2.79. The lowest BCUT2D eigenvalue weighted by Crippen LogP contribution is -2.21. The molecular formula is C14H19BrO2. The van der Waals surface area contributed by atoms with Gasteiger partial charge in [0.15, 0.2) is 0 Å². The molecule has 0 aliphatic carbocycles. The van der Waals surface area contributed by atoms with E-state index in [4.69, 9.17) is 4.74 Å². The Balaban J connectivity index is 2.79. The number of benzene rings is 1. The van der Waals surface area contributed by atoms with Gasteiger partial charge < -0.3 is 9.84 Å². The number of allylic oxidation sites excluding steroid dienone is 2. The van der Waals surface area contributed by atoms with Crippen LogP contribution >= 0.6 is 15.9 Å². The van der Waals surface area contributed by atoms with E-state index in [1.54, 1.807) is 13.8 Å². The molecule has 0 aromatic heterocycles. The Kier molecular flexibility index (Phi) is 5.22. The third kappa shape index (κ3) is 5.37. The van der Waals surface area contributed by atoms with Crippen molar-refractivity contribution in [1.82, 2.24) is 0 Å². The Morgan fingerprint density at radius 2 is 2.18 bits per heavy atom. The van der Waals surface area contributed by atoms with Crippen LogP contribution in [0.3, 0.4) is 0 Å². The Labute approximate surface area is 111 Å². The summed E-state index contributed by atoms with van der Waals surface area (Å²) in [5.41, 5.74) is 0.373. The highest BCUT2D eigenvalue weighted by Gasteiger charge is 2.13. The number of ether oxygens (including phenoxy) is 1. The largest absolute Gasteiger partial charge is 0.461 e. The van der Waals surface area contributed by atoms with Gasteiger partial charge in [-0.3, -0.25) is 0 Å². The summed E-state index contributed by atoms with van der Waals surface area (Å²) in [5.74, 6) is 1.68. The number of hydrogen-bond acceptors (Lipinski definition) is 2. The first kappa shape index (κ1) is 14.3. The summed E-state index contributed by atoms with van der Waals surface area (Å²) in [6.45, 7) is 5.55. The minimum Gasteiger partial charge on any atom is -0.461 e. The molecule has 2 nitrogen and oxygen atoms in total. The van der Waals surface area contributed by atoms with Gasteiger partial charge in [0.1, 0.15) is 11.5 Å². The predicted octanol–water partition coefficient (Wildman–Crippen LogP) is 3.68. The molecule has 0 spiro atoms.